The molecule has 1 aromatic rings. The van der Waals surface area contributed by atoms with Gasteiger partial charge in [-0.2, -0.15) is 0 Å². The van der Waals surface area contributed by atoms with Crippen molar-refractivity contribution in [3.05, 3.63) is 24.3 Å². The Kier molecular flexibility index (Phi) is 6.44. The first kappa shape index (κ1) is 18.5. The van der Waals surface area contributed by atoms with Crippen LogP contribution in [0.2, 0.25) is 0 Å². The molecule has 0 bridgehead atoms. The number of hydrogen-bond donors (Lipinski definition) is 1. The molecule has 0 radical (unpaired) electrons. The van der Waals surface area contributed by atoms with E-state index in [0.29, 0.717) is 18.8 Å². The number of methoxy groups -OCH3 is 1. The summed E-state index contributed by atoms with van der Waals surface area (Å²) < 4.78 is 30.1. The summed E-state index contributed by atoms with van der Waals surface area (Å²) in [4.78, 5) is 14.2. The molecule has 0 aliphatic carbocycles. The highest BCUT2D eigenvalue weighted by Crippen LogP contribution is 2.24. The van der Waals surface area contributed by atoms with Crippen LogP contribution in [0.25, 0.3) is 0 Å². The standard InChI is InChI=1S/C16H25N3O4S/c1-23-12-9-17-16(20)13-19(24(2,21)22)15-7-5-14(6-8-15)18-10-3-4-11-18/h5-8H,3-4,9-13H2,1-2H3,(H,17,20). The number of nitrogens with zero attached hydrogens (tertiary/aromatic N) is 2. The number of amides is 1. The zero-order valence-corrected chi connectivity index (χ0v) is 15.0. The number of rotatable bonds is 8. The van der Waals surface area contributed by atoms with Gasteiger partial charge in [-0.05, 0) is 37.1 Å². The van der Waals surface area contributed by atoms with Crippen LogP contribution >= 0.6 is 0 Å². The van der Waals surface area contributed by atoms with Crippen molar-refractivity contribution in [3.8, 4) is 0 Å². The number of nitrogens with one attached hydrogen (secondary N) is 1. The first-order valence-corrected chi connectivity index (χ1v) is 9.85. The van der Waals surface area contributed by atoms with Crippen LogP contribution < -0.4 is 14.5 Å². The van der Waals surface area contributed by atoms with E-state index < -0.39 is 10.0 Å². The third kappa shape index (κ3) is 5.10. The van der Waals surface area contributed by atoms with Crippen LogP contribution in [-0.4, -0.2) is 60.5 Å². The predicted molar refractivity (Wildman–Crippen MR) is 95.0 cm³/mol. The van der Waals surface area contributed by atoms with Crippen LogP contribution in [0.1, 0.15) is 12.8 Å². The van der Waals surface area contributed by atoms with Gasteiger partial charge in [-0.3, -0.25) is 9.10 Å². The van der Waals surface area contributed by atoms with E-state index >= 15 is 0 Å². The highest BCUT2D eigenvalue weighted by Gasteiger charge is 2.21. The van der Waals surface area contributed by atoms with Gasteiger partial charge in [0.2, 0.25) is 15.9 Å². The van der Waals surface area contributed by atoms with Crippen LogP contribution in [0.4, 0.5) is 11.4 Å². The van der Waals surface area contributed by atoms with Gasteiger partial charge < -0.3 is 15.0 Å². The molecule has 7 nitrogen and oxygen atoms in total. The van der Waals surface area contributed by atoms with E-state index in [1.807, 2.05) is 12.1 Å². The van der Waals surface area contributed by atoms with Gasteiger partial charge in [-0.1, -0.05) is 0 Å². The second kappa shape index (κ2) is 8.34. The lowest BCUT2D eigenvalue weighted by Gasteiger charge is -2.23. The molecule has 1 saturated heterocycles. The van der Waals surface area contributed by atoms with Crippen LogP contribution in [0, 0.1) is 0 Å². The van der Waals surface area contributed by atoms with Crippen LogP contribution in [0.15, 0.2) is 24.3 Å². The molecular weight excluding hydrogens is 330 g/mol. The first-order chi connectivity index (χ1) is 11.4. The fraction of sp³-hybridized carbons (Fsp3) is 0.562. The minimum Gasteiger partial charge on any atom is -0.383 e. The third-order valence-corrected chi connectivity index (χ3v) is 5.07. The molecule has 0 aromatic heterocycles. The molecule has 0 unspecified atom stereocenters. The third-order valence-electron chi connectivity index (χ3n) is 3.92. The Morgan fingerprint density at radius 3 is 2.42 bits per heavy atom. The normalized spacial score (nSPS) is 14.7. The summed E-state index contributed by atoms with van der Waals surface area (Å²) in [5.41, 5.74) is 1.57. The summed E-state index contributed by atoms with van der Waals surface area (Å²) in [6.45, 7) is 2.54. The van der Waals surface area contributed by atoms with Crippen molar-refractivity contribution in [1.29, 1.82) is 0 Å². The van der Waals surface area contributed by atoms with Gasteiger partial charge >= 0.3 is 0 Å². The number of carbonyl (C=O) groups excluding carboxylic acids is 1. The lowest BCUT2D eigenvalue weighted by atomic mass is 10.2. The van der Waals surface area contributed by atoms with Crippen molar-refractivity contribution in [2.24, 2.45) is 0 Å². The topological polar surface area (TPSA) is 79.0 Å². The fourth-order valence-corrected chi connectivity index (χ4v) is 3.54. The average molecular weight is 355 g/mol. The molecule has 24 heavy (non-hydrogen) atoms. The van der Waals surface area contributed by atoms with Crippen molar-refractivity contribution in [2.45, 2.75) is 12.8 Å². The Labute approximate surface area is 143 Å². The SMILES string of the molecule is COCCNC(=O)CN(c1ccc(N2CCCC2)cc1)S(C)(=O)=O. The highest BCUT2D eigenvalue weighted by molar-refractivity contribution is 7.92. The molecule has 1 aliphatic heterocycles. The van der Waals surface area contributed by atoms with Gasteiger partial charge in [-0.25, -0.2) is 8.42 Å². The zero-order chi connectivity index (χ0) is 17.6. The van der Waals surface area contributed by atoms with E-state index in [1.54, 1.807) is 12.1 Å². The van der Waals surface area contributed by atoms with Gasteiger partial charge in [0.05, 0.1) is 18.6 Å². The summed E-state index contributed by atoms with van der Waals surface area (Å²) >= 11 is 0. The lowest BCUT2D eigenvalue weighted by molar-refractivity contribution is -0.119. The van der Waals surface area contributed by atoms with Crippen molar-refractivity contribution < 1.29 is 17.9 Å². The molecule has 1 heterocycles. The number of carbonyl (C=O) groups is 1. The molecule has 0 spiro atoms. The average Bonchev–Trinajstić information content (AvgIpc) is 3.06. The maximum atomic E-state index is 12.0. The van der Waals surface area contributed by atoms with Crippen molar-refractivity contribution in [3.63, 3.8) is 0 Å². The second-order valence-electron chi connectivity index (χ2n) is 5.82. The summed E-state index contributed by atoms with van der Waals surface area (Å²) in [6, 6.07) is 7.30. The monoisotopic (exact) mass is 355 g/mol. The molecule has 1 aliphatic rings. The van der Waals surface area contributed by atoms with E-state index in [1.165, 1.54) is 20.0 Å². The Morgan fingerprint density at radius 2 is 1.88 bits per heavy atom. The lowest BCUT2D eigenvalue weighted by Crippen LogP contribution is -2.41. The van der Waals surface area contributed by atoms with Crippen molar-refractivity contribution >= 4 is 27.3 Å². The maximum Gasteiger partial charge on any atom is 0.240 e. The Hall–Kier alpha value is -1.80. The molecule has 8 heteroatoms. The van der Waals surface area contributed by atoms with Crippen LogP contribution in [-0.2, 0) is 19.6 Å². The highest BCUT2D eigenvalue weighted by atomic mass is 32.2. The largest absolute Gasteiger partial charge is 0.383 e. The minimum atomic E-state index is -3.55. The Bertz CT molecular complexity index is 640. The van der Waals surface area contributed by atoms with E-state index in [4.69, 9.17) is 4.74 Å². The number of ether oxygens (including phenoxy) is 1. The van der Waals surface area contributed by atoms with Gasteiger partial charge in [-0.15, -0.1) is 0 Å². The molecule has 1 amide bonds. The smallest absolute Gasteiger partial charge is 0.240 e. The Morgan fingerprint density at radius 1 is 1.25 bits per heavy atom. The quantitative estimate of drug-likeness (QED) is 0.699. The van der Waals surface area contributed by atoms with Gasteiger partial charge in [0.1, 0.15) is 6.54 Å². The van der Waals surface area contributed by atoms with E-state index in [-0.39, 0.29) is 12.5 Å². The number of hydrogen-bond acceptors (Lipinski definition) is 5. The first-order valence-electron chi connectivity index (χ1n) is 8.00. The number of benzene rings is 1. The molecule has 1 aromatic carbocycles. The summed E-state index contributed by atoms with van der Waals surface area (Å²) in [5.74, 6) is -0.360. The second-order valence-corrected chi connectivity index (χ2v) is 7.73. The van der Waals surface area contributed by atoms with Gasteiger partial charge in [0, 0.05) is 32.4 Å². The van der Waals surface area contributed by atoms with Gasteiger partial charge in [0.25, 0.3) is 0 Å². The fourth-order valence-electron chi connectivity index (χ4n) is 2.68. The molecule has 0 atom stereocenters. The molecule has 2 rings (SSSR count). The van der Waals surface area contributed by atoms with Crippen molar-refractivity contribution in [1.82, 2.24) is 5.32 Å². The van der Waals surface area contributed by atoms with Gasteiger partial charge in [0.15, 0.2) is 0 Å². The Balaban J connectivity index is 2.08. The van der Waals surface area contributed by atoms with E-state index in [9.17, 15) is 13.2 Å². The van der Waals surface area contributed by atoms with Crippen molar-refractivity contribution in [2.75, 3.05) is 55.4 Å². The van der Waals surface area contributed by atoms with E-state index in [0.717, 1.165) is 29.3 Å². The maximum absolute atomic E-state index is 12.0. The van der Waals surface area contributed by atoms with Crippen LogP contribution in [0.5, 0.6) is 0 Å². The van der Waals surface area contributed by atoms with E-state index in [2.05, 4.69) is 10.2 Å². The molecule has 1 N–H and O–H groups in total. The molecule has 1 fully saturated rings. The predicted octanol–water partition coefficient (Wildman–Crippen LogP) is 0.815. The molecule has 0 saturated carbocycles. The summed E-state index contributed by atoms with van der Waals surface area (Å²) in [6.07, 6.45) is 3.46. The summed E-state index contributed by atoms with van der Waals surface area (Å²) in [5, 5.41) is 2.63. The minimum absolute atomic E-state index is 0.244. The number of anilines is 2. The zero-order valence-electron chi connectivity index (χ0n) is 14.2. The summed E-state index contributed by atoms with van der Waals surface area (Å²) in [7, 11) is -2.01. The van der Waals surface area contributed by atoms with Crippen LogP contribution in [0.3, 0.4) is 0 Å². The molecular formula is C16H25N3O4S. The molecule has 134 valence electrons. The number of sulfonamides is 1.